The number of nitrogens with zero attached hydrogens (tertiary/aromatic N) is 4. The molecule has 0 unspecified atom stereocenters. The molecule has 1 aliphatic heterocycles. The monoisotopic (exact) mass is 424 g/mol. The number of hydrogen-bond acceptors (Lipinski definition) is 6. The van der Waals surface area contributed by atoms with Gasteiger partial charge in [0, 0.05) is 45.6 Å². The molecule has 3 aromatic rings. The minimum atomic E-state index is 0.159. The van der Waals surface area contributed by atoms with E-state index in [4.69, 9.17) is 4.52 Å². The van der Waals surface area contributed by atoms with E-state index in [2.05, 4.69) is 53.2 Å². The number of hydrogen-bond donors (Lipinski definition) is 0. The van der Waals surface area contributed by atoms with Gasteiger partial charge in [-0.25, -0.2) is 0 Å². The van der Waals surface area contributed by atoms with Gasteiger partial charge in [0.15, 0.2) is 0 Å². The summed E-state index contributed by atoms with van der Waals surface area (Å²) in [4.78, 5) is 22.3. The van der Waals surface area contributed by atoms with E-state index in [1.807, 2.05) is 22.4 Å². The van der Waals surface area contributed by atoms with Crippen LogP contribution >= 0.6 is 11.3 Å². The molecule has 1 saturated heterocycles. The molecule has 0 aliphatic carbocycles. The maximum Gasteiger partial charge on any atom is 0.227 e. The summed E-state index contributed by atoms with van der Waals surface area (Å²) in [6, 6.07) is 12.8. The highest BCUT2D eigenvalue weighted by Crippen LogP contribution is 2.22. The average Bonchev–Trinajstić information content (AvgIpc) is 3.45. The van der Waals surface area contributed by atoms with Gasteiger partial charge in [0.25, 0.3) is 0 Å². The van der Waals surface area contributed by atoms with Crippen molar-refractivity contribution in [1.29, 1.82) is 0 Å². The highest BCUT2D eigenvalue weighted by molar-refractivity contribution is 7.13. The first-order chi connectivity index (χ1) is 14.6. The Balaban J connectivity index is 1.21. The maximum absolute atomic E-state index is 12.6. The molecule has 0 spiro atoms. The predicted octanol–water partition coefficient (Wildman–Crippen LogP) is 4.20. The van der Waals surface area contributed by atoms with Crippen LogP contribution in [-0.4, -0.2) is 52.0 Å². The molecule has 7 heteroatoms. The van der Waals surface area contributed by atoms with Crippen LogP contribution in [0.15, 0.2) is 46.3 Å². The number of benzene rings is 1. The topological polar surface area (TPSA) is 62.5 Å². The van der Waals surface area contributed by atoms with Crippen LogP contribution in [-0.2, 0) is 17.8 Å². The Morgan fingerprint density at radius 1 is 1.13 bits per heavy atom. The second-order valence-corrected chi connectivity index (χ2v) is 8.99. The first kappa shape index (κ1) is 20.8. The van der Waals surface area contributed by atoms with E-state index in [1.54, 1.807) is 11.3 Å². The fourth-order valence-electron chi connectivity index (χ4n) is 3.66. The molecule has 1 aliphatic rings. The molecule has 1 fully saturated rings. The summed E-state index contributed by atoms with van der Waals surface area (Å²) in [6.45, 7) is 8.72. The van der Waals surface area contributed by atoms with Crippen molar-refractivity contribution in [3.8, 4) is 10.7 Å². The second-order valence-electron chi connectivity index (χ2n) is 8.04. The minimum Gasteiger partial charge on any atom is -0.340 e. The summed E-state index contributed by atoms with van der Waals surface area (Å²) >= 11 is 1.57. The smallest absolute Gasteiger partial charge is 0.227 e. The van der Waals surface area contributed by atoms with E-state index in [0.29, 0.717) is 30.5 Å². The largest absolute Gasteiger partial charge is 0.340 e. The van der Waals surface area contributed by atoms with Crippen LogP contribution in [0.2, 0.25) is 0 Å². The fraction of sp³-hybridized carbons (Fsp3) is 0.435. The Morgan fingerprint density at radius 2 is 1.90 bits per heavy atom. The number of thiophene rings is 1. The third-order valence-electron chi connectivity index (χ3n) is 5.54. The number of aryl methyl sites for hydroxylation is 1. The average molecular weight is 425 g/mol. The van der Waals surface area contributed by atoms with E-state index in [1.165, 1.54) is 11.1 Å². The number of carbonyl (C=O) groups is 1. The van der Waals surface area contributed by atoms with Crippen molar-refractivity contribution in [2.75, 3.05) is 26.2 Å². The highest BCUT2D eigenvalue weighted by atomic mass is 32.1. The predicted molar refractivity (Wildman–Crippen MR) is 118 cm³/mol. The van der Waals surface area contributed by atoms with Gasteiger partial charge in [0.1, 0.15) is 0 Å². The molecule has 158 valence electrons. The van der Waals surface area contributed by atoms with Gasteiger partial charge < -0.3 is 9.42 Å². The lowest BCUT2D eigenvalue weighted by Crippen LogP contribution is -2.48. The zero-order chi connectivity index (χ0) is 20.9. The summed E-state index contributed by atoms with van der Waals surface area (Å²) < 4.78 is 5.30. The van der Waals surface area contributed by atoms with E-state index in [9.17, 15) is 4.79 Å². The Hall–Kier alpha value is -2.51. The van der Waals surface area contributed by atoms with Gasteiger partial charge in [0.05, 0.1) is 4.88 Å². The standard InChI is InChI=1S/C23H28N4O2S/c1-17(2)19-7-5-18(6-8-19)16-26-11-13-27(14-12-26)22(28)10-9-21-24-23(25-29-21)20-4-3-15-30-20/h3-8,15,17H,9-14,16H2,1-2H3. The Morgan fingerprint density at radius 3 is 2.57 bits per heavy atom. The number of carbonyl (C=O) groups excluding carboxylic acids is 1. The zero-order valence-electron chi connectivity index (χ0n) is 17.6. The highest BCUT2D eigenvalue weighted by Gasteiger charge is 2.22. The second kappa shape index (κ2) is 9.53. The molecule has 1 amide bonds. The van der Waals surface area contributed by atoms with E-state index < -0.39 is 0 Å². The van der Waals surface area contributed by atoms with Crippen molar-refractivity contribution in [3.63, 3.8) is 0 Å². The summed E-state index contributed by atoms with van der Waals surface area (Å²) in [5.41, 5.74) is 2.70. The van der Waals surface area contributed by atoms with Crippen molar-refractivity contribution < 1.29 is 9.32 Å². The molecular weight excluding hydrogens is 396 g/mol. The minimum absolute atomic E-state index is 0.159. The summed E-state index contributed by atoms with van der Waals surface area (Å²) in [5.74, 6) is 1.84. The van der Waals surface area contributed by atoms with Crippen LogP contribution in [0.1, 0.15) is 43.2 Å². The molecule has 6 nitrogen and oxygen atoms in total. The van der Waals surface area contributed by atoms with Gasteiger partial charge in [-0.3, -0.25) is 9.69 Å². The van der Waals surface area contributed by atoms with Crippen LogP contribution in [0.25, 0.3) is 10.7 Å². The summed E-state index contributed by atoms with van der Waals surface area (Å²) in [6.07, 6.45) is 0.891. The number of amides is 1. The van der Waals surface area contributed by atoms with Crippen molar-refractivity contribution in [2.24, 2.45) is 0 Å². The quantitative estimate of drug-likeness (QED) is 0.569. The molecule has 0 N–H and O–H groups in total. The molecule has 4 rings (SSSR count). The van der Waals surface area contributed by atoms with Gasteiger partial charge in [0.2, 0.25) is 17.6 Å². The van der Waals surface area contributed by atoms with Crippen LogP contribution in [0.4, 0.5) is 0 Å². The molecular formula is C23H28N4O2S. The van der Waals surface area contributed by atoms with Crippen LogP contribution in [0.5, 0.6) is 0 Å². The van der Waals surface area contributed by atoms with Crippen molar-refractivity contribution in [2.45, 2.75) is 39.2 Å². The van der Waals surface area contributed by atoms with Gasteiger partial charge in [-0.15, -0.1) is 11.3 Å². The molecule has 1 aromatic carbocycles. The zero-order valence-corrected chi connectivity index (χ0v) is 18.4. The molecule has 0 bridgehead atoms. The third kappa shape index (κ3) is 5.15. The first-order valence-corrected chi connectivity index (χ1v) is 11.4. The van der Waals surface area contributed by atoms with Gasteiger partial charge in [-0.2, -0.15) is 4.98 Å². The molecule has 0 saturated carbocycles. The maximum atomic E-state index is 12.6. The van der Waals surface area contributed by atoms with Gasteiger partial charge in [-0.1, -0.05) is 49.3 Å². The third-order valence-corrected chi connectivity index (χ3v) is 6.41. The summed E-state index contributed by atoms with van der Waals surface area (Å²) in [5, 5.41) is 5.99. The van der Waals surface area contributed by atoms with Crippen LogP contribution in [0, 0.1) is 0 Å². The SMILES string of the molecule is CC(C)c1ccc(CN2CCN(C(=O)CCc3nc(-c4cccs4)no3)CC2)cc1. The van der Waals surface area contributed by atoms with Gasteiger partial charge >= 0.3 is 0 Å². The van der Waals surface area contributed by atoms with Crippen molar-refractivity contribution in [3.05, 3.63) is 58.8 Å². The van der Waals surface area contributed by atoms with E-state index in [0.717, 1.165) is 37.6 Å². The lowest BCUT2D eigenvalue weighted by atomic mass is 10.0. The first-order valence-electron chi connectivity index (χ1n) is 10.5. The van der Waals surface area contributed by atoms with Crippen LogP contribution in [0.3, 0.4) is 0 Å². The number of piperazine rings is 1. The van der Waals surface area contributed by atoms with Gasteiger partial charge in [-0.05, 0) is 28.5 Å². The molecule has 0 radical (unpaired) electrons. The summed E-state index contributed by atoms with van der Waals surface area (Å²) in [7, 11) is 0. The van der Waals surface area contributed by atoms with Crippen molar-refractivity contribution >= 4 is 17.2 Å². The number of rotatable bonds is 7. The van der Waals surface area contributed by atoms with Crippen LogP contribution < -0.4 is 0 Å². The fourth-order valence-corrected chi connectivity index (χ4v) is 4.30. The molecule has 2 aromatic heterocycles. The molecule has 3 heterocycles. The van der Waals surface area contributed by atoms with E-state index in [-0.39, 0.29) is 5.91 Å². The normalized spacial score (nSPS) is 15.1. The van der Waals surface area contributed by atoms with Crippen molar-refractivity contribution in [1.82, 2.24) is 19.9 Å². The lowest BCUT2D eigenvalue weighted by Gasteiger charge is -2.34. The lowest BCUT2D eigenvalue weighted by molar-refractivity contribution is -0.133. The Kier molecular flexibility index (Phi) is 6.59. The molecule has 0 atom stereocenters. The number of aromatic nitrogens is 2. The van der Waals surface area contributed by atoms with E-state index >= 15 is 0 Å². The Labute approximate surface area is 181 Å². The Bertz CT molecular complexity index is 942. The molecule has 30 heavy (non-hydrogen) atoms.